The highest BCUT2D eigenvalue weighted by Crippen LogP contribution is 2.16. The molecule has 0 aromatic heterocycles. The zero-order chi connectivity index (χ0) is 36.4. The summed E-state index contributed by atoms with van der Waals surface area (Å²) in [4.78, 5) is 24.3. The van der Waals surface area contributed by atoms with E-state index in [-0.39, 0.29) is 25.2 Å². The summed E-state index contributed by atoms with van der Waals surface area (Å²) in [5, 5.41) is 9.57. The minimum Gasteiger partial charge on any atom is -0.462 e. The van der Waals surface area contributed by atoms with Crippen LogP contribution in [0.3, 0.4) is 0 Å². The van der Waals surface area contributed by atoms with E-state index in [0.29, 0.717) is 12.8 Å². The molecule has 0 rings (SSSR count). The number of rotatable bonds is 39. The van der Waals surface area contributed by atoms with Crippen molar-refractivity contribution in [3.63, 3.8) is 0 Å². The summed E-state index contributed by atoms with van der Waals surface area (Å²) in [6.45, 7) is 4.03. The van der Waals surface area contributed by atoms with Crippen LogP contribution < -0.4 is 0 Å². The SMILES string of the molecule is CC/C=C\C/C=C\C/C=C\CCCCCCCC(=O)O[C@@H](CO)COC(=O)CCCCCCCCCCCCCCCCCCCCCCC. The third-order valence-electron chi connectivity index (χ3n) is 9.45. The first-order chi connectivity index (χ1) is 24.6. The topological polar surface area (TPSA) is 72.8 Å². The number of esters is 2. The van der Waals surface area contributed by atoms with Crippen LogP contribution in [0.2, 0.25) is 0 Å². The van der Waals surface area contributed by atoms with Gasteiger partial charge in [-0.05, 0) is 44.9 Å². The molecule has 5 nitrogen and oxygen atoms in total. The van der Waals surface area contributed by atoms with Crippen LogP contribution in [0, 0.1) is 0 Å². The highest BCUT2D eigenvalue weighted by atomic mass is 16.6. The molecule has 0 radical (unpaired) electrons. The largest absolute Gasteiger partial charge is 0.462 e. The molecule has 0 aliphatic rings. The summed E-state index contributed by atoms with van der Waals surface area (Å²) in [6, 6.07) is 0. The van der Waals surface area contributed by atoms with Gasteiger partial charge in [0.15, 0.2) is 6.10 Å². The van der Waals surface area contributed by atoms with Gasteiger partial charge in [0.05, 0.1) is 6.61 Å². The van der Waals surface area contributed by atoms with E-state index < -0.39 is 6.10 Å². The molecule has 5 heteroatoms. The fraction of sp³-hybridized carbons (Fsp3) is 0.822. The maximum absolute atomic E-state index is 12.2. The van der Waals surface area contributed by atoms with Crippen molar-refractivity contribution in [2.75, 3.05) is 13.2 Å². The van der Waals surface area contributed by atoms with Crippen molar-refractivity contribution >= 4 is 11.9 Å². The molecule has 0 aliphatic carbocycles. The maximum atomic E-state index is 12.2. The lowest BCUT2D eigenvalue weighted by Crippen LogP contribution is -2.28. The molecule has 0 aromatic carbocycles. The Hall–Kier alpha value is -1.88. The second-order valence-electron chi connectivity index (χ2n) is 14.4. The first kappa shape index (κ1) is 48.1. The van der Waals surface area contributed by atoms with E-state index in [4.69, 9.17) is 9.47 Å². The molecule has 0 fully saturated rings. The molecular weight excluding hydrogens is 620 g/mol. The average Bonchev–Trinajstić information content (AvgIpc) is 3.12. The van der Waals surface area contributed by atoms with E-state index in [0.717, 1.165) is 70.6 Å². The number of unbranched alkanes of at least 4 members (excludes halogenated alkanes) is 25. The second-order valence-corrected chi connectivity index (χ2v) is 14.4. The molecule has 0 heterocycles. The first-order valence-corrected chi connectivity index (χ1v) is 21.5. The summed E-state index contributed by atoms with van der Waals surface area (Å²) in [6.07, 6.45) is 50.8. The van der Waals surface area contributed by atoms with Gasteiger partial charge in [0.2, 0.25) is 0 Å². The normalized spacial score (nSPS) is 12.5. The number of allylic oxidation sites excluding steroid dienone is 6. The molecule has 0 saturated carbocycles. The van der Waals surface area contributed by atoms with Gasteiger partial charge in [-0.15, -0.1) is 0 Å². The summed E-state index contributed by atoms with van der Waals surface area (Å²) in [7, 11) is 0. The Bertz CT molecular complexity index is 801. The summed E-state index contributed by atoms with van der Waals surface area (Å²) >= 11 is 0. The number of aliphatic hydroxyl groups excluding tert-OH is 1. The van der Waals surface area contributed by atoms with Crippen LogP contribution in [0.1, 0.15) is 219 Å². The molecular formula is C45H82O5. The predicted molar refractivity (Wildman–Crippen MR) is 214 cm³/mol. The van der Waals surface area contributed by atoms with Gasteiger partial charge in [-0.25, -0.2) is 0 Å². The van der Waals surface area contributed by atoms with Crippen molar-refractivity contribution in [3.8, 4) is 0 Å². The fourth-order valence-corrected chi connectivity index (χ4v) is 6.22. The van der Waals surface area contributed by atoms with E-state index in [1.54, 1.807) is 0 Å². The molecule has 1 atom stereocenters. The molecule has 50 heavy (non-hydrogen) atoms. The van der Waals surface area contributed by atoms with Gasteiger partial charge in [0.25, 0.3) is 0 Å². The molecule has 0 aromatic rings. The van der Waals surface area contributed by atoms with Crippen LogP contribution in [0.4, 0.5) is 0 Å². The van der Waals surface area contributed by atoms with Gasteiger partial charge in [-0.1, -0.05) is 198 Å². The van der Waals surface area contributed by atoms with Crippen molar-refractivity contribution < 1.29 is 24.2 Å². The van der Waals surface area contributed by atoms with Crippen molar-refractivity contribution in [2.45, 2.75) is 225 Å². The molecule has 0 unspecified atom stereocenters. The number of ether oxygens (including phenoxy) is 2. The highest BCUT2D eigenvalue weighted by molar-refractivity contribution is 5.70. The van der Waals surface area contributed by atoms with E-state index >= 15 is 0 Å². The van der Waals surface area contributed by atoms with Crippen LogP contribution in [-0.4, -0.2) is 36.4 Å². The fourth-order valence-electron chi connectivity index (χ4n) is 6.22. The summed E-state index contributed by atoms with van der Waals surface area (Å²) in [5.41, 5.74) is 0. The maximum Gasteiger partial charge on any atom is 0.306 e. The lowest BCUT2D eigenvalue weighted by atomic mass is 10.0. The van der Waals surface area contributed by atoms with E-state index in [9.17, 15) is 14.7 Å². The standard InChI is InChI=1S/C45H82O5/c1-3-5-7-9-11-13-15-17-19-20-21-22-23-24-26-27-29-31-33-35-37-39-44(47)49-42-43(41-46)50-45(48)40-38-36-34-32-30-28-25-18-16-14-12-10-8-6-4-2/h6,8,12,14,18,25,43,46H,3-5,7,9-11,13,15-17,19-24,26-42H2,1-2H3/b8-6-,14-12-,25-18-/t43-/m0/s1. The minimum absolute atomic E-state index is 0.0699. The Morgan fingerprint density at radius 2 is 0.860 bits per heavy atom. The van der Waals surface area contributed by atoms with Gasteiger partial charge in [0.1, 0.15) is 6.61 Å². The molecule has 1 N–H and O–H groups in total. The highest BCUT2D eigenvalue weighted by Gasteiger charge is 2.16. The van der Waals surface area contributed by atoms with E-state index in [1.807, 2.05) is 0 Å². The number of hydrogen-bond donors (Lipinski definition) is 1. The Labute approximate surface area is 310 Å². The van der Waals surface area contributed by atoms with Crippen LogP contribution in [-0.2, 0) is 19.1 Å². The molecule has 0 spiro atoms. The van der Waals surface area contributed by atoms with Crippen LogP contribution in [0.15, 0.2) is 36.5 Å². The average molecular weight is 703 g/mol. The molecule has 0 bridgehead atoms. The predicted octanol–water partition coefficient (Wildman–Crippen LogP) is 13.6. The van der Waals surface area contributed by atoms with Crippen LogP contribution in [0.5, 0.6) is 0 Å². The lowest BCUT2D eigenvalue weighted by molar-refractivity contribution is -0.161. The van der Waals surface area contributed by atoms with Crippen molar-refractivity contribution in [1.29, 1.82) is 0 Å². The van der Waals surface area contributed by atoms with Gasteiger partial charge in [-0.2, -0.15) is 0 Å². The minimum atomic E-state index is -0.777. The van der Waals surface area contributed by atoms with Crippen LogP contribution in [0.25, 0.3) is 0 Å². The zero-order valence-corrected chi connectivity index (χ0v) is 33.2. The second kappa shape index (κ2) is 41.5. The Morgan fingerprint density at radius 3 is 1.30 bits per heavy atom. The number of carbonyl (C=O) groups excluding carboxylic acids is 2. The number of carbonyl (C=O) groups is 2. The zero-order valence-electron chi connectivity index (χ0n) is 33.2. The van der Waals surface area contributed by atoms with Gasteiger partial charge in [0, 0.05) is 12.8 Å². The Kier molecular flexibility index (Phi) is 40.0. The molecule has 0 amide bonds. The van der Waals surface area contributed by atoms with Gasteiger partial charge >= 0.3 is 11.9 Å². The number of hydrogen-bond acceptors (Lipinski definition) is 5. The monoisotopic (exact) mass is 703 g/mol. The molecule has 0 aliphatic heterocycles. The van der Waals surface area contributed by atoms with Crippen LogP contribution >= 0.6 is 0 Å². The van der Waals surface area contributed by atoms with Gasteiger partial charge < -0.3 is 14.6 Å². The van der Waals surface area contributed by atoms with E-state index in [2.05, 4.69) is 50.3 Å². The first-order valence-electron chi connectivity index (χ1n) is 21.5. The summed E-state index contributed by atoms with van der Waals surface area (Å²) < 4.78 is 10.6. The lowest BCUT2D eigenvalue weighted by Gasteiger charge is -2.15. The van der Waals surface area contributed by atoms with Crippen molar-refractivity contribution in [2.24, 2.45) is 0 Å². The third kappa shape index (κ3) is 38.9. The van der Waals surface area contributed by atoms with Gasteiger partial charge in [-0.3, -0.25) is 9.59 Å². The molecule has 292 valence electrons. The third-order valence-corrected chi connectivity index (χ3v) is 9.45. The quantitative estimate of drug-likeness (QED) is 0.0392. The summed E-state index contributed by atoms with van der Waals surface area (Å²) in [5.74, 6) is -0.603. The smallest absolute Gasteiger partial charge is 0.306 e. The van der Waals surface area contributed by atoms with Crippen molar-refractivity contribution in [1.82, 2.24) is 0 Å². The molecule has 0 saturated heterocycles. The Morgan fingerprint density at radius 1 is 0.480 bits per heavy atom. The Balaban J connectivity index is 3.50. The van der Waals surface area contributed by atoms with E-state index in [1.165, 1.54) is 122 Å². The van der Waals surface area contributed by atoms with Crippen molar-refractivity contribution in [3.05, 3.63) is 36.5 Å². The number of aliphatic hydroxyl groups is 1.